The van der Waals surface area contributed by atoms with Crippen LogP contribution >= 0.6 is 12.4 Å². The molecule has 198 valence electrons. The van der Waals surface area contributed by atoms with E-state index in [0.29, 0.717) is 35.1 Å². The largest absolute Gasteiger partial charge is 0.496 e. The van der Waals surface area contributed by atoms with Crippen LogP contribution in [0.15, 0.2) is 60.9 Å². The Morgan fingerprint density at radius 2 is 1.84 bits per heavy atom. The van der Waals surface area contributed by atoms with Gasteiger partial charge in [0.15, 0.2) is 17.5 Å². The molecule has 3 heterocycles. The van der Waals surface area contributed by atoms with Crippen molar-refractivity contribution in [2.75, 3.05) is 30.4 Å². The number of pyridine rings is 1. The molecule has 5 rings (SSSR count). The summed E-state index contributed by atoms with van der Waals surface area (Å²) in [5.41, 5.74) is 8.31. The van der Waals surface area contributed by atoms with Crippen molar-refractivity contribution in [3.63, 3.8) is 0 Å². The minimum atomic E-state index is -0.932. The van der Waals surface area contributed by atoms with E-state index >= 15 is 0 Å². The minimum Gasteiger partial charge on any atom is -0.496 e. The van der Waals surface area contributed by atoms with Crippen molar-refractivity contribution in [3.05, 3.63) is 78.4 Å². The van der Waals surface area contributed by atoms with E-state index in [2.05, 4.69) is 25.2 Å². The molecule has 0 radical (unpaired) electrons. The van der Waals surface area contributed by atoms with Crippen molar-refractivity contribution < 1.29 is 17.9 Å². The van der Waals surface area contributed by atoms with E-state index in [1.807, 2.05) is 6.07 Å². The highest BCUT2D eigenvalue weighted by Gasteiger charge is 2.22. The van der Waals surface area contributed by atoms with Crippen molar-refractivity contribution in [2.45, 2.75) is 18.9 Å². The molecule has 11 heteroatoms. The number of rotatable bonds is 6. The van der Waals surface area contributed by atoms with Crippen LogP contribution in [0.25, 0.3) is 22.5 Å². The molecule has 0 aliphatic carbocycles. The van der Waals surface area contributed by atoms with Crippen LogP contribution in [0.2, 0.25) is 0 Å². The summed E-state index contributed by atoms with van der Waals surface area (Å²) in [6.07, 6.45) is 4.93. The lowest BCUT2D eigenvalue weighted by molar-refractivity contribution is 0.413. The summed E-state index contributed by atoms with van der Waals surface area (Å²) in [6, 6.07) is 11.7. The highest BCUT2D eigenvalue weighted by Crippen LogP contribution is 2.35. The predicted molar refractivity (Wildman–Crippen MR) is 144 cm³/mol. The van der Waals surface area contributed by atoms with Crippen LogP contribution in [0.4, 0.5) is 30.5 Å². The average molecular weight is 543 g/mol. The van der Waals surface area contributed by atoms with Gasteiger partial charge in [0.25, 0.3) is 0 Å². The van der Waals surface area contributed by atoms with Gasteiger partial charge < -0.3 is 20.7 Å². The molecule has 2 aromatic carbocycles. The number of aromatic nitrogens is 3. The van der Waals surface area contributed by atoms with Gasteiger partial charge in [-0.1, -0.05) is 12.1 Å². The molecule has 1 atom stereocenters. The Balaban J connectivity index is 0.00000336. The summed E-state index contributed by atoms with van der Waals surface area (Å²) in [6.45, 7) is 1.38. The molecule has 0 spiro atoms. The molecule has 3 N–H and O–H groups in total. The van der Waals surface area contributed by atoms with Crippen molar-refractivity contribution in [1.29, 1.82) is 0 Å². The molecule has 38 heavy (non-hydrogen) atoms. The number of anilines is 3. The first-order chi connectivity index (χ1) is 17.9. The molecular weight excluding hydrogens is 517 g/mol. The smallest absolute Gasteiger partial charge is 0.168 e. The van der Waals surface area contributed by atoms with Gasteiger partial charge in [-0.25, -0.2) is 28.1 Å². The summed E-state index contributed by atoms with van der Waals surface area (Å²) in [5.74, 6) is -1.03. The van der Waals surface area contributed by atoms with Crippen molar-refractivity contribution in [1.82, 2.24) is 15.0 Å². The maximum Gasteiger partial charge on any atom is 0.168 e. The Hall–Kier alpha value is -3.89. The van der Waals surface area contributed by atoms with E-state index in [4.69, 9.17) is 10.5 Å². The van der Waals surface area contributed by atoms with Crippen molar-refractivity contribution in [2.24, 2.45) is 5.73 Å². The topological polar surface area (TPSA) is 89.2 Å². The lowest BCUT2D eigenvalue weighted by Gasteiger charge is -2.34. The van der Waals surface area contributed by atoms with Gasteiger partial charge in [-0.15, -0.1) is 12.4 Å². The standard InChI is InChI=1S/C27H25F3N6O.ClH/c1-37-23-6-2-5-20(29)26(23)27-32-10-9-24(35-27)34-25-13-22(36-11-3-4-17(31)15-36)18(14-33-25)16-7-8-19(28)21(30)12-16;/h2,5-10,12-14,17H,3-4,11,15,31H2,1H3,(H,32,33,34,35);1H/t17-;/m0./s1. The highest BCUT2D eigenvalue weighted by molar-refractivity contribution is 5.85. The van der Waals surface area contributed by atoms with Gasteiger partial charge in [0.2, 0.25) is 0 Å². The van der Waals surface area contributed by atoms with Gasteiger partial charge >= 0.3 is 0 Å². The fourth-order valence-corrected chi connectivity index (χ4v) is 4.46. The third-order valence-electron chi connectivity index (χ3n) is 6.24. The Morgan fingerprint density at radius 1 is 1.00 bits per heavy atom. The van der Waals surface area contributed by atoms with Crippen LogP contribution in [-0.4, -0.2) is 41.2 Å². The summed E-state index contributed by atoms with van der Waals surface area (Å²) in [4.78, 5) is 15.3. The Bertz CT molecular complexity index is 1440. The third-order valence-corrected chi connectivity index (χ3v) is 6.24. The molecule has 1 fully saturated rings. The Kier molecular flexibility index (Phi) is 8.33. The lowest BCUT2D eigenvalue weighted by atomic mass is 10.0. The van der Waals surface area contributed by atoms with Gasteiger partial charge in [-0.05, 0) is 48.7 Å². The van der Waals surface area contributed by atoms with Crippen LogP contribution in [0.5, 0.6) is 5.75 Å². The van der Waals surface area contributed by atoms with E-state index in [1.54, 1.807) is 24.4 Å². The second-order valence-electron chi connectivity index (χ2n) is 8.77. The first kappa shape index (κ1) is 27.2. The van der Waals surface area contributed by atoms with E-state index in [9.17, 15) is 13.2 Å². The Labute approximate surface area is 224 Å². The van der Waals surface area contributed by atoms with E-state index in [0.717, 1.165) is 37.2 Å². The van der Waals surface area contributed by atoms with Gasteiger partial charge in [0, 0.05) is 48.8 Å². The number of nitrogens with two attached hydrogens (primary N) is 1. The number of methoxy groups -OCH3 is 1. The molecule has 0 bridgehead atoms. The van der Waals surface area contributed by atoms with Gasteiger partial charge in [-0.3, -0.25) is 0 Å². The number of benzene rings is 2. The molecule has 1 aliphatic rings. The van der Waals surface area contributed by atoms with Crippen LogP contribution in [0, 0.1) is 17.5 Å². The fourth-order valence-electron chi connectivity index (χ4n) is 4.46. The fraction of sp³-hybridized carbons (Fsp3) is 0.222. The zero-order valence-corrected chi connectivity index (χ0v) is 21.3. The summed E-state index contributed by atoms with van der Waals surface area (Å²) in [5, 5.41) is 3.14. The number of nitrogens with zero attached hydrogens (tertiary/aromatic N) is 4. The van der Waals surface area contributed by atoms with Crippen molar-refractivity contribution in [3.8, 4) is 28.3 Å². The van der Waals surface area contributed by atoms with Crippen molar-refractivity contribution >= 4 is 29.7 Å². The number of nitrogens with one attached hydrogen (secondary N) is 1. The van der Waals surface area contributed by atoms with E-state index < -0.39 is 17.5 Å². The molecule has 0 saturated carbocycles. The number of halogens is 4. The monoisotopic (exact) mass is 542 g/mol. The molecule has 1 aliphatic heterocycles. The molecule has 0 unspecified atom stereocenters. The second-order valence-corrected chi connectivity index (χ2v) is 8.77. The van der Waals surface area contributed by atoms with Crippen LogP contribution in [0.3, 0.4) is 0 Å². The molecule has 7 nitrogen and oxygen atoms in total. The van der Waals surface area contributed by atoms with Gasteiger partial charge in [0.1, 0.15) is 23.2 Å². The zero-order chi connectivity index (χ0) is 25.9. The normalized spacial score (nSPS) is 15.1. The lowest BCUT2D eigenvalue weighted by Crippen LogP contribution is -2.43. The molecular formula is C27H26ClF3N6O. The molecule has 1 saturated heterocycles. The second kappa shape index (κ2) is 11.7. The summed E-state index contributed by atoms with van der Waals surface area (Å²) < 4.78 is 47.5. The van der Waals surface area contributed by atoms with Crippen LogP contribution < -0.4 is 20.7 Å². The number of hydrogen-bond donors (Lipinski definition) is 2. The maximum absolute atomic E-state index is 14.6. The minimum absolute atomic E-state index is 0. The van der Waals surface area contributed by atoms with Gasteiger partial charge in [-0.2, -0.15) is 0 Å². The quantitative estimate of drug-likeness (QED) is 0.322. The first-order valence-corrected chi connectivity index (χ1v) is 11.8. The highest BCUT2D eigenvalue weighted by atomic mass is 35.5. The number of ether oxygens (including phenoxy) is 1. The van der Waals surface area contributed by atoms with Crippen LogP contribution in [-0.2, 0) is 0 Å². The Morgan fingerprint density at radius 3 is 2.61 bits per heavy atom. The summed E-state index contributed by atoms with van der Waals surface area (Å²) in [7, 11) is 1.45. The molecule has 4 aromatic rings. The number of hydrogen-bond acceptors (Lipinski definition) is 7. The zero-order valence-electron chi connectivity index (χ0n) is 20.5. The van der Waals surface area contributed by atoms with Gasteiger partial charge in [0.05, 0.1) is 12.7 Å². The summed E-state index contributed by atoms with van der Waals surface area (Å²) >= 11 is 0. The predicted octanol–water partition coefficient (Wildman–Crippen LogP) is 5.72. The first-order valence-electron chi connectivity index (χ1n) is 11.8. The maximum atomic E-state index is 14.6. The SMILES string of the molecule is COc1cccc(F)c1-c1nccc(Nc2cc(N3CCC[C@H](N)C3)c(-c3ccc(F)c(F)c3)cn2)n1.Cl. The molecule has 0 amide bonds. The van der Waals surface area contributed by atoms with E-state index in [1.165, 1.54) is 25.4 Å². The average Bonchev–Trinajstić information content (AvgIpc) is 2.90. The third kappa shape index (κ3) is 5.66. The van der Waals surface area contributed by atoms with E-state index in [-0.39, 0.29) is 29.8 Å². The molecule has 2 aromatic heterocycles. The number of piperidine rings is 1. The van der Waals surface area contributed by atoms with Crippen LogP contribution in [0.1, 0.15) is 12.8 Å².